The fourth-order valence-corrected chi connectivity index (χ4v) is 0.657. The molecule has 0 amide bonds. The van der Waals surface area contributed by atoms with Gasteiger partial charge in [0.25, 0.3) is 0 Å². The van der Waals surface area contributed by atoms with Gasteiger partial charge in [0, 0.05) is 7.05 Å². The number of nitrogens with two attached hydrogens (primary N) is 1. The van der Waals surface area contributed by atoms with E-state index >= 15 is 0 Å². The zero-order valence-electron chi connectivity index (χ0n) is 7.03. The summed E-state index contributed by atoms with van der Waals surface area (Å²) in [6.07, 6.45) is 0. The first kappa shape index (κ1) is 8.51. The third kappa shape index (κ3) is 2.22. The van der Waals surface area contributed by atoms with Crippen molar-refractivity contribution in [1.82, 2.24) is 15.5 Å². The van der Waals surface area contributed by atoms with E-state index < -0.39 is 0 Å². The first-order chi connectivity index (χ1) is 5.72. The van der Waals surface area contributed by atoms with Crippen LogP contribution in [0.3, 0.4) is 0 Å². The van der Waals surface area contributed by atoms with E-state index in [0.717, 1.165) is 0 Å². The predicted octanol–water partition coefficient (Wildman–Crippen LogP) is -0.588. The summed E-state index contributed by atoms with van der Waals surface area (Å²) in [6.45, 7) is 2.16. The Labute approximate surface area is 69.9 Å². The molecular weight excluding hydrogens is 158 g/mol. The number of rotatable bonds is 2. The average molecular weight is 169 g/mol. The van der Waals surface area contributed by atoms with E-state index in [9.17, 15) is 0 Å². The van der Waals surface area contributed by atoms with Gasteiger partial charge in [-0.1, -0.05) is 5.16 Å². The molecule has 1 aromatic heterocycles. The zero-order chi connectivity index (χ0) is 8.97. The molecule has 0 aliphatic heterocycles. The van der Waals surface area contributed by atoms with Crippen LogP contribution in [0.2, 0.25) is 0 Å². The Kier molecular flexibility index (Phi) is 2.62. The highest BCUT2D eigenvalue weighted by atomic mass is 16.5. The third-order valence-electron chi connectivity index (χ3n) is 1.23. The van der Waals surface area contributed by atoms with Gasteiger partial charge in [0.2, 0.25) is 5.89 Å². The van der Waals surface area contributed by atoms with Crippen molar-refractivity contribution in [3.8, 4) is 0 Å². The molecule has 0 atom stereocenters. The first-order valence-corrected chi connectivity index (χ1v) is 3.47. The molecule has 0 aliphatic rings. The number of aromatic nitrogens is 2. The second-order valence-electron chi connectivity index (χ2n) is 2.20. The van der Waals surface area contributed by atoms with E-state index in [1.54, 1.807) is 14.0 Å². The maximum Gasteiger partial charge on any atom is 0.246 e. The van der Waals surface area contributed by atoms with Crippen LogP contribution in [0.5, 0.6) is 0 Å². The minimum Gasteiger partial charge on any atom is -0.370 e. The van der Waals surface area contributed by atoms with Gasteiger partial charge in [-0.15, -0.1) is 0 Å². The van der Waals surface area contributed by atoms with E-state index in [1.165, 1.54) is 0 Å². The van der Waals surface area contributed by atoms with Gasteiger partial charge in [0.05, 0.1) is 6.54 Å². The van der Waals surface area contributed by atoms with Crippen LogP contribution in [-0.4, -0.2) is 23.1 Å². The Morgan fingerprint density at radius 3 is 3.00 bits per heavy atom. The van der Waals surface area contributed by atoms with Crippen LogP contribution in [0, 0.1) is 6.92 Å². The predicted molar refractivity (Wildman–Crippen MR) is 43.4 cm³/mol. The van der Waals surface area contributed by atoms with Crippen LogP contribution in [-0.2, 0) is 6.54 Å². The van der Waals surface area contributed by atoms with Gasteiger partial charge >= 0.3 is 0 Å². The summed E-state index contributed by atoms with van der Waals surface area (Å²) < 4.78 is 4.83. The highest BCUT2D eigenvalue weighted by Gasteiger charge is 2.01. The molecule has 0 saturated carbocycles. The molecule has 0 aromatic carbocycles. The third-order valence-corrected chi connectivity index (χ3v) is 1.23. The van der Waals surface area contributed by atoms with Crippen LogP contribution in [0.4, 0.5) is 0 Å². The number of guanidine groups is 1. The highest BCUT2D eigenvalue weighted by molar-refractivity contribution is 5.77. The van der Waals surface area contributed by atoms with Crippen LogP contribution >= 0.6 is 0 Å². The Morgan fingerprint density at radius 2 is 2.50 bits per heavy atom. The molecule has 1 heterocycles. The lowest BCUT2D eigenvalue weighted by Crippen LogP contribution is -2.30. The van der Waals surface area contributed by atoms with Crippen molar-refractivity contribution in [2.75, 3.05) is 7.05 Å². The molecule has 6 nitrogen and oxygen atoms in total. The summed E-state index contributed by atoms with van der Waals surface area (Å²) in [4.78, 5) is 7.67. The molecule has 1 aromatic rings. The van der Waals surface area contributed by atoms with E-state index in [4.69, 9.17) is 10.3 Å². The number of hydrogen-bond acceptors (Lipinski definition) is 4. The minimum atomic E-state index is 0.353. The van der Waals surface area contributed by atoms with Crippen molar-refractivity contribution in [3.63, 3.8) is 0 Å². The van der Waals surface area contributed by atoms with Crippen LogP contribution in [0.25, 0.3) is 0 Å². The number of aryl methyl sites for hydroxylation is 1. The summed E-state index contributed by atoms with van der Waals surface area (Å²) in [7, 11) is 1.60. The van der Waals surface area contributed by atoms with Crippen molar-refractivity contribution in [2.45, 2.75) is 13.5 Å². The van der Waals surface area contributed by atoms with E-state index in [2.05, 4.69) is 20.4 Å². The van der Waals surface area contributed by atoms with Crippen molar-refractivity contribution >= 4 is 5.96 Å². The van der Waals surface area contributed by atoms with Crippen molar-refractivity contribution in [3.05, 3.63) is 11.7 Å². The van der Waals surface area contributed by atoms with E-state index in [1.807, 2.05) is 0 Å². The Bertz CT molecular complexity index is 279. The Morgan fingerprint density at radius 1 is 1.75 bits per heavy atom. The molecule has 12 heavy (non-hydrogen) atoms. The van der Waals surface area contributed by atoms with E-state index in [0.29, 0.717) is 24.2 Å². The maximum absolute atomic E-state index is 5.38. The summed E-state index contributed by atoms with van der Waals surface area (Å²) in [5, 5.41) is 6.41. The van der Waals surface area contributed by atoms with Gasteiger partial charge in [-0.25, -0.2) is 0 Å². The standard InChI is InChI=1S/C6H11N5O/c1-4-10-5(12-11-4)3-9-6(7)8-2/h3H2,1-2H3,(H3,7,8,9). The van der Waals surface area contributed by atoms with Crippen molar-refractivity contribution in [1.29, 1.82) is 0 Å². The van der Waals surface area contributed by atoms with Gasteiger partial charge in [-0.3, -0.25) is 4.99 Å². The summed E-state index contributed by atoms with van der Waals surface area (Å²) in [5.41, 5.74) is 5.38. The van der Waals surface area contributed by atoms with Gasteiger partial charge < -0.3 is 15.6 Å². The summed E-state index contributed by atoms with van der Waals surface area (Å²) in [6, 6.07) is 0. The Balaban J connectivity index is 2.43. The van der Waals surface area contributed by atoms with Gasteiger partial charge in [0.15, 0.2) is 11.8 Å². The number of nitrogens with one attached hydrogen (secondary N) is 1. The number of nitrogens with zero attached hydrogens (tertiary/aromatic N) is 3. The SMILES string of the molecule is CN=C(N)NCc1nc(C)no1. The first-order valence-electron chi connectivity index (χ1n) is 3.47. The number of aliphatic imine (C=N–C) groups is 1. The summed E-state index contributed by atoms with van der Waals surface area (Å²) in [5.74, 6) is 1.46. The number of hydrogen-bond donors (Lipinski definition) is 2. The molecule has 0 saturated heterocycles. The smallest absolute Gasteiger partial charge is 0.246 e. The van der Waals surface area contributed by atoms with Gasteiger partial charge in [-0.05, 0) is 6.92 Å². The molecule has 0 radical (unpaired) electrons. The largest absolute Gasteiger partial charge is 0.370 e. The normalized spacial score (nSPS) is 11.7. The molecule has 1 rings (SSSR count). The van der Waals surface area contributed by atoms with Gasteiger partial charge in [0.1, 0.15) is 0 Å². The lowest BCUT2D eigenvalue weighted by Gasteiger charge is -1.98. The second-order valence-corrected chi connectivity index (χ2v) is 2.20. The molecule has 6 heteroatoms. The second kappa shape index (κ2) is 3.70. The van der Waals surface area contributed by atoms with Crippen LogP contribution in [0.1, 0.15) is 11.7 Å². The molecule has 3 N–H and O–H groups in total. The average Bonchev–Trinajstić information content (AvgIpc) is 2.47. The highest BCUT2D eigenvalue weighted by Crippen LogP contribution is 1.93. The van der Waals surface area contributed by atoms with Crippen LogP contribution < -0.4 is 11.1 Å². The topological polar surface area (TPSA) is 89.3 Å². The molecule has 0 aliphatic carbocycles. The zero-order valence-corrected chi connectivity index (χ0v) is 7.03. The lowest BCUT2D eigenvalue weighted by atomic mass is 10.6. The van der Waals surface area contributed by atoms with Crippen molar-refractivity contribution < 1.29 is 4.52 Å². The molecule has 66 valence electrons. The quantitative estimate of drug-likeness (QED) is 0.456. The fraction of sp³-hybridized carbons (Fsp3) is 0.500. The molecule has 0 fully saturated rings. The van der Waals surface area contributed by atoms with E-state index in [-0.39, 0.29) is 0 Å². The fourth-order valence-electron chi connectivity index (χ4n) is 0.657. The Hall–Kier alpha value is -1.59. The monoisotopic (exact) mass is 169 g/mol. The molecular formula is C6H11N5O. The summed E-state index contributed by atoms with van der Waals surface area (Å²) >= 11 is 0. The van der Waals surface area contributed by atoms with Crippen molar-refractivity contribution in [2.24, 2.45) is 10.7 Å². The molecule has 0 spiro atoms. The van der Waals surface area contributed by atoms with Gasteiger partial charge in [-0.2, -0.15) is 4.98 Å². The maximum atomic E-state index is 5.38. The molecule has 0 bridgehead atoms. The molecule has 0 unspecified atom stereocenters. The van der Waals surface area contributed by atoms with Crippen LogP contribution in [0.15, 0.2) is 9.52 Å². The lowest BCUT2D eigenvalue weighted by molar-refractivity contribution is 0.372. The minimum absolute atomic E-state index is 0.353.